The van der Waals surface area contributed by atoms with Crippen molar-refractivity contribution in [1.82, 2.24) is 19.3 Å². The fourth-order valence-electron chi connectivity index (χ4n) is 1.68. The zero-order chi connectivity index (χ0) is 14.9. The molecule has 0 saturated carbocycles. The maximum absolute atomic E-state index is 11.6. The lowest BCUT2D eigenvalue weighted by Crippen LogP contribution is -2.32. The van der Waals surface area contributed by atoms with Crippen LogP contribution < -0.4 is 11.2 Å². The van der Waals surface area contributed by atoms with Gasteiger partial charge in [0.05, 0.1) is 6.20 Å². The maximum atomic E-state index is 11.6. The summed E-state index contributed by atoms with van der Waals surface area (Å²) in [5.41, 5.74) is -0.841. The van der Waals surface area contributed by atoms with Gasteiger partial charge in [-0.1, -0.05) is 0 Å². The van der Waals surface area contributed by atoms with Gasteiger partial charge in [-0.2, -0.15) is 5.10 Å². The minimum absolute atomic E-state index is 0.195. The SMILES string of the molecule is Cn1cc(CCn2cc(S(=O)(=O)Cl)c(=O)[nH]c2=O)cn1. The molecule has 0 fully saturated rings. The molecule has 0 aliphatic heterocycles. The van der Waals surface area contributed by atoms with E-state index in [9.17, 15) is 18.0 Å². The number of hydrogen-bond donors (Lipinski definition) is 1. The van der Waals surface area contributed by atoms with Gasteiger partial charge in [-0.05, 0) is 12.0 Å². The third-order valence-corrected chi connectivity index (χ3v) is 3.96. The Balaban J connectivity index is 2.33. The van der Waals surface area contributed by atoms with Gasteiger partial charge in [0.2, 0.25) is 0 Å². The molecule has 108 valence electrons. The second kappa shape index (κ2) is 5.25. The molecule has 0 unspecified atom stereocenters. The van der Waals surface area contributed by atoms with Gasteiger partial charge >= 0.3 is 5.69 Å². The fourth-order valence-corrected chi connectivity index (χ4v) is 2.53. The van der Waals surface area contributed by atoms with Crippen molar-refractivity contribution in [1.29, 1.82) is 0 Å². The van der Waals surface area contributed by atoms with E-state index in [0.717, 1.165) is 16.3 Å². The monoisotopic (exact) mass is 318 g/mol. The van der Waals surface area contributed by atoms with Gasteiger partial charge in [0.25, 0.3) is 14.6 Å². The lowest BCUT2D eigenvalue weighted by molar-refractivity contribution is 0.596. The molecule has 2 aromatic heterocycles. The predicted octanol–water partition coefficient (Wildman–Crippen LogP) is -0.560. The average molecular weight is 319 g/mol. The van der Waals surface area contributed by atoms with Gasteiger partial charge in [-0.25, -0.2) is 13.2 Å². The highest BCUT2D eigenvalue weighted by Crippen LogP contribution is 2.08. The lowest BCUT2D eigenvalue weighted by atomic mass is 10.2. The van der Waals surface area contributed by atoms with Crippen molar-refractivity contribution in [2.45, 2.75) is 17.9 Å². The van der Waals surface area contributed by atoms with Crippen molar-refractivity contribution in [3.8, 4) is 0 Å². The predicted molar refractivity (Wildman–Crippen MR) is 71.3 cm³/mol. The second-order valence-electron chi connectivity index (χ2n) is 4.16. The topological polar surface area (TPSA) is 107 Å². The third-order valence-electron chi connectivity index (χ3n) is 2.64. The molecule has 2 heterocycles. The number of rotatable bonds is 4. The van der Waals surface area contributed by atoms with E-state index in [2.05, 4.69) is 5.10 Å². The number of aromatic amines is 1. The van der Waals surface area contributed by atoms with E-state index in [0.29, 0.717) is 6.42 Å². The molecule has 0 atom stereocenters. The summed E-state index contributed by atoms with van der Waals surface area (Å²) in [5, 5.41) is 3.98. The fraction of sp³-hybridized carbons (Fsp3) is 0.300. The van der Waals surface area contributed by atoms with Crippen molar-refractivity contribution in [3.63, 3.8) is 0 Å². The van der Waals surface area contributed by atoms with E-state index in [-0.39, 0.29) is 6.54 Å². The molecule has 0 aliphatic rings. The standard InChI is InChI=1S/C10H11ClN4O4S/c1-14-5-7(4-12-14)2-3-15-6-8(20(11,18)19)9(16)13-10(15)17/h4-6H,2-3H2,1H3,(H,13,16,17). The van der Waals surface area contributed by atoms with Crippen LogP contribution in [-0.2, 0) is 29.1 Å². The van der Waals surface area contributed by atoms with Gasteiger partial charge in [-0.15, -0.1) is 0 Å². The largest absolute Gasteiger partial charge is 0.328 e. The number of H-pyrrole nitrogens is 1. The number of halogens is 1. The highest BCUT2D eigenvalue weighted by atomic mass is 35.7. The van der Waals surface area contributed by atoms with Crippen molar-refractivity contribution >= 4 is 19.7 Å². The summed E-state index contributed by atoms with van der Waals surface area (Å²) in [5.74, 6) is 0. The van der Waals surface area contributed by atoms with Crippen LogP contribution in [-0.4, -0.2) is 27.7 Å². The van der Waals surface area contributed by atoms with Gasteiger partial charge < -0.3 is 0 Å². The van der Waals surface area contributed by atoms with Crippen LogP contribution >= 0.6 is 10.7 Å². The van der Waals surface area contributed by atoms with Crippen LogP contribution in [0.5, 0.6) is 0 Å². The molecule has 8 nitrogen and oxygen atoms in total. The molecule has 0 aromatic carbocycles. The van der Waals surface area contributed by atoms with Crippen molar-refractivity contribution in [3.05, 3.63) is 45.0 Å². The summed E-state index contributed by atoms with van der Waals surface area (Å²) in [4.78, 5) is 24.2. The van der Waals surface area contributed by atoms with Gasteiger partial charge in [0, 0.05) is 36.7 Å². The first-order valence-corrected chi connectivity index (χ1v) is 7.84. The van der Waals surface area contributed by atoms with Crippen LogP contribution in [0.3, 0.4) is 0 Å². The first-order valence-electron chi connectivity index (χ1n) is 5.53. The van der Waals surface area contributed by atoms with Crippen LogP contribution in [0.4, 0.5) is 0 Å². The van der Waals surface area contributed by atoms with E-state index in [1.54, 1.807) is 24.1 Å². The molecule has 10 heteroatoms. The number of nitrogens with zero attached hydrogens (tertiary/aromatic N) is 3. The van der Waals surface area contributed by atoms with E-state index in [1.165, 1.54) is 0 Å². The smallest absolute Gasteiger partial charge is 0.299 e. The zero-order valence-electron chi connectivity index (χ0n) is 10.4. The Morgan fingerprint density at radius 1 is 1.35 bits per heavy atom. The Kier molecular flexibility index (Phi) is 3.82. The van der Waals surface area contributed by atoms with Crippen LogP contribution in [0.2, 0.25) is 0 Å². The van der Waals surface area contributed by atoms with Gasteiger partial charge in [0.15, 0.2) is 4.90 Å². The van der Waals surface area contributed by atoms with Gasteiger partial charge in [0.1, 0.15) is 0 Å². The Labute approximate surface area is 118 Å². The Morgan fingerprint density at radius 3 is 2.60 bits per heavy atom. The second-order valence-corrected chi connectivity index (χ2v) is 6.69. The number of aromatic nitrogens is 4. The third kappa shape index (κ3) is 3.17. The molecule has 2 rings (SSSR count). The normalized spacial score (nSPS) is 11.7. The van der Waals surface area contributed by atoms with Crippen molar-refractivity contribution < 1.29 is 8.42 Å². The van der Waals surface area contributed by atoms with Crippen LogP contribution in [0.25, 0.3) is 0 Å². The van der Waals surface area contributed by atoms with Crippen LogP contribution in [0, 0.1) is 0 Å². The summed E-state index contributed by atoms with van der Waals surface area (Å²) in [6.07, 6.45) is 4.81. The van der Waals surface area contributed by atoms with E-state index in [1.807, 2.05) is 4.98 Å². The molecular formula is C10H11ClN4O4S. The van der Waals surface area contributed by atoms with E-state index >= 15 is 0 Å². The van der Waals surface area contributed by atoms with Crippen LogP contribution in [0.15, 0.2) is 33.1 Å². The first-order chi connectivity index (χ1) is 9.27. The zero-order valence-corrected chi connectivity index (χ0v) is 12.0. The van der Waals surface area contributed by atoms with Gasteiger partial charge in [-0.3, -0.25) is 19.0 Å². The van der Waals surface area contributed by atoms with Crippen molar-refractivity contribution in [2.24, 2.45) is 7.05 Å². The molecule has 0 spiro atoms. The summed E-state index contributed by atoms with van der Waals surface area (Å²) in [6, 6.07) is 0. The Hall–Kier alpha value is -1.87. The average Bonchev–Trinajstić information content (AvgIpc) is 2.72. The minimum Gasteiger partial charge on any atom is -0.299 e. The molecule has 2 aromatic rings. The minimum atomic E-state index is -4.20. The van der Waals surface area contributed by atoms with Crippen molar-refractivity contribution in [2.75, 3.05) is 0 Å². The highest BCUT2D eigenvalue weighted by Gasteiger charge is 2.17. The molecule has 20 heavy (non-hydrogen) atoms. The summed E-state index contributed by atoms with van der Waals surface area (Å²) in [6.45, 7) is 0.195. The molecule has 0 bridgehead atoms. The summed E-state index contributed by atoms with van der Waals surface area (Å²) < 4.78 is 25.1. The molecule has 0 saturated heterocycles. The Morgan fingerprint density at radius 2 is 2.05 bits per heavy atom. The van der Waals surface area contributed by atoms with E-state index in [4.69, 9.17) is 10.7 Å². The lowest BCUT2D eigenvalue weighted by Gasteiger charge is -2.05. The molecule has 1 N–H and O–H groups in total. The highest BCUT2D eigenvalue weighted by molar-refractivity contribution is 8.13. The molecular weight excluding hydrogens is 308 g/mol. The Bertz CT molecular complexity index is 849. The van der Waals surface area contributed by atoms with Crippen LogP contribution in [0.1, 0.15) is 5.56 Å². The quantitative estimate of drug-likeness (QED) is 0.760. The molecule has 0 radical (unpaired) electrons. The summed E-state index contributed by atoms with van der Waals surface area (Å²) >= 11 is 0. The number of aryl methyl sites for hydroxylation is 3. The number of nitrogens with one attached hydrogen (secondary N) is 1. The number of hydrogen-bond acceptors (Lipinski definition) is 5. The molecule has 0 aliphatic carbocycles. The summed E-state index contributed by atoms with van der Waals surface area (Å²) in [7, 11) is 2.69. The molecule has 0 amide bonds. The maximum Gasteiger partial charge on any atom is 0.328 e. The first kappa shape index (κ1) is 14.5. The van der Waals surface area contributed by atoms with E-state index < -0.39 is 25.2 Å².